The summed E-state index contributed by atoms with van der Waals surface area (Å²) in [7, 11) is 16.0. The molecule has 3 rings (SSSR count). The first-order chi connectivity index (χ1) is 10.3. The molecule has 3 nitrogen and oxygen atoms in total. The van der Waals surface area contributed by atoms with E-state index < -0.39 is 4.48 Å². The zero-order valence-electron chi connectivity index (χ0n) is 13.0. The molecule has 4 radical (unpaired) electrons. The second kappa shape index (κ2) is 5.04. The number of rotatable bonds is 0. The maximum atomic E-state index is 13.1. The minimum absolute atomic E-state index is 0.276. The third-order valence-corrected chi connectivity index (χ3v) is 4.20. The largest absolute Gasteiger partial charge is 0.525 e. The van der Waals surface area contributed by atoms with E-state index in [1.54, 1.807) is 14.1 Å². The van der Waals surface area contributed by atoms with Crippen LogP contribution in [-0.4, -0.2) is 24.6 Å². The lowest BCUT2D eigenvalue weighted by molar-refractivity contribution is -0.762. The average molecular weight is 292 g/mol. The van der Waals surface area contributed by atoms with Gasteiger partial charge >= 0.3 is 6.03 Å². The molecule has 2 amide bonds. The van der Waals surface area contributed by atoms with E-state index in [1.807, 2.05) is 48.5 Å². The molecule has 0 aromatic heterocycles. The predicted molar refractivity (Wildman–Crippen MR) is 87.9 cm³/mol. The Morgan fingerprint density at radius 1 is 0.955 bits per heavy atom. The van der Waals surface area contributed by atoms with Crippen molar-refractivity contribution >= 4 is 17.4 Å². The van der Waals surface area contributed by atoms with E-state index in [0.717, 1.165) is 35.3 Å². The number of carbonyl (C=O) groups is 1. The Morgan fingerprint density at radius 2 is 1.36 bits per heavy atom. The molecule has 0 saturated carbocycles. The van der Waals surface area contributed by atoms with E-state index in [-0.39, 0.29) is 10.5 Å². The van der Waals surface area contributed by atoms with E-state index in [4.69, 9.17) is 14.1 Å². The molecule has 0 atom stereocenters. The van der Waals surface area contributed by atoms with Crippen LogP contribution in [0.3, 0.4) is 0 Å². The van der Waals surface area contributed by atoms with Gasteiger partial charge in [0.2, 0.25) is 14.1 Å². The number of aryl methyl sites for hydroxylation is 2. The van der Waals surface area contributed by atoms with E-state index in [9.17, 15) is 4.79 Å². The van der Waals surface area contributed by atoms with Crippen molar-refractivity contribution < 1.29 is 9.28 Å². The van der Waals surface area contributed by atoms with E-state index in [0.29, 0.717) is 0 Å². The fourth-order valence-corrected chi connectivity index (χ4v) is 3.14. The van der Waals surface area contributed by atoms with Gasteiger partial charge in [0.25, 0.3) is 0 Å². The van der Waals surface area contributed by atoms with Crippen molar-refractivity contribution in [2.45, 2.75) is 12.8 Å². The van der Waals surface area contributed by atoms with Gasteiger partial charge in [-0.3, -0.25) is 0 Å². The van der Waals surface area contributed by atoms with Crippen LogP contribution in [0.5, 0.6) is 0 Å². The summed E-state index contributed by atoms with van der Waals surface area (Å²) in [5, 5.41) is 0. The van der Waals surface area contributed by atoms with Crippen molar-refractivity contribution in [3.63, 3.8) is 0 Å². The monoisotopic (exact) mass is 292 g/mol. The number of fused-ring (bicyclic) bond motifs is 2. The molecule has 0 aliphatic carbocycles. The average Bonchev–Trinajstić information content (AvgIpc) is 2.63. The lowest BCUT2D eigenvalue weighted by atomic mass is 10.0. The van der Waals surface area contributed by atoms with Crippen LogP contribution in [0.15, 0.2) is 48.5 Å². The quantitative estimate of drug-likeness (QED) is 0.672. The third kappa shape index (κ3) is 2.18. The maximum Gasteiger partial charge on any atom is 0.525 e. The van der Waals surface area contributed by atoms with Gasteiger partial charge in [0.15, 0.2) is 11.4 Å². The van der Waals surface area contributed by atoms with Gasteiger partial charge in [-0.05, 0) is 12.8 Å². The second-order valence-electron chi connectivity index (χ2n) is 6.30. The van der Waals surface area contributed by atoms with Gasteiger partial charge in [0.05, 0.1) is 14.1 Å². The molecule has 1 aliphatic rings. The highest BCUT2D eigenvalue weighted by atomic mass is 16.2. The van der Waals surface area contributed by atoms with Crippen LogP contribution in [-0.2, 0) is 12.8 Å². The van der Waals surface area contributed by atoms with Crippen LogP contribution in [0.25, 0.3) is 0 Å². The number of carbonyl (C=O) groups excluding carboxylic acids is 1. The first-order valence-electron chi connectivity index (χ1n) is 7.37. The molecule has 0 fully saturated rings. The van der Waals surface area contributed by atoms with Gasteiger partial charge in [0.1, 0.15) is 0 Å². The number of quaternary nitrogens is 2. The molecule has 3 heteroatoms. The van der Waals surface area contributed by atoms with Gasteiger partial charge in [-0.15, -0.1) is 4.48 Å². The Kier molecular flexibility index (Phi) is 3.42. The zero-order valence-corrected chi connectivity index (χ0v) is 13.0. The Bertz CT molecular complexity index is 681. The molecule has 2 aromatic carbocycles. The van der Waals surface area contributed by atoms with Gasteiger partial charge < -0.3 is 0 Å². The van der Waals surface area contributed by atoms with Crippen molar-refractivity contribution in [2.24, 2.45) is 0 Å². The molecule has 0 unspecified atom stereocenters. The molecule has 1 heterocycles. The van der Waals surface area contributed by atoms with Crippen LogP contribution in [0, 0.1) is 14.1 Å². The van der Waals surface area contributed by atoms with Crippen LogP contribution in [0.1, 0.15) is 11.1 Å². The summed E-state index contributed by atoms with van der Waals surface area (Å²) >= 11 is 0. The molecular weight excluding hydrogens is 272 g/mol. The first-order valence-corrected chi connectivity index (χ1v) is 7.37. The summed E-state index contributed by atoms with van der Waals surface area (Å²) < 4.78 is -0.727. The number of para-hydroxylation sites is 2. The Balaban J connectivity index is 2.34. The molecule has 0 bridgehead atoms. The van der Waals surface area contributed by atoms with E-state index in [1.165, 1.54) is 0 Å². The van der Waals surface area contributed by atoms with Crippen LogP contribution < -0.4 is 4.48 Å². The summed E-state index contributed by atoms with van der Waals surface area (Å²) in [6.45, 7) is 0. The number of hydrogen-bond acceptors (Lipinski definition) is 1. The summed E-state index contributed by atoms with van der Waals surface area (Å²) in [6.07, 6.45) is 1.71. The Labute approximate surface area is 132 Å². The molecule has 0 saturated heterocycles. The van der Waals surface area contributed by atoms with Crippen LogP contribution >= 0.6 is 0 Å². The van der Waals surface area contributed by atoms with E-state index in [2.05, 4.69) is 0 Å². The molecule has 0 spiro atoms. The van der Waals surface area contributed by atoms with Crippen molar-refractivity contribution in [1.82, 2.24) is 4.48 Å². The zero-order chi connectivity index (χ0) is 16.0. The van der Waals surface area contributed by atoms with Crippen molar-refractivity contribution in [3.05, 3.63) is 73.8 Å². The molecule has 22 heavy (non-hydrogen) atoms. The predicted octanol–water partition coefficient (Wildman–Crippen LogP) is 3.96. The molecule has 2 aromatic rings. The topological polar surface area (TPSA) is 17.1 Å². The molecule has 1 aliphatic heterocycles. The normalized spacial score (nSPS) is 16.4. The third-order valence-electron chi connectivity index (χ3n) is 4.20. The first kappa shape index (κ1) is 14.9. The SMILES string of the molecule is [CH][N+](C)(C)C(=O)[N+]1([CH])c2ccccc2CCc2ccccc21. The lowest BCUT2D eigenvalue weighted by Crippen LogP contribution is -2.56. The highest BCUT2D eigenvalue weighted by molar-refractivity contribution is 5.92. The number of benzene rings is 2. The van der Waals surface area contributed by atoms with Crippen molar-refractivity contribution in [2.75, 3.05) is 14.1 Å². The summed E-state index contributed by atoms with van der Waals surface area (Å²) in [5.41, 5.74) is 3.77. The van der Waals surface area contributed by atoms with Gasteiger partial charge in [-0.25, -0.2) is 0 Å². The molecule has 0 N–H and O–H groups in total. The van der Waals surface area contributed by atoms with Gasteiger partial charge in [-0.2, -0.15) is 9.28 Å². The summed E-state index contributed by atoms with van der Waals surface area (Å²) in [5.74, 6) is 0. The summed E-state index contributed by atoms with van der Waals surface area (Å²) in [6, 6.07) is 15.4. The van der Waals surface area contributed by atoms with Crippen molar-refractivity contribution in [1.29, 1.82) is 0 Å². The van der Waals surface area contributed by atoms with Crippen LogP contribution in [0.2, 0.25) is 0 Å². The Morgan fingerprint density at radius 3 is 1.77 bits per heavy atom. The number of amides is 2. The standard InChI is InChI=1S/C19H20N2O/c1-20(2,3)19(22)21(4)17-11-7-5-9-15(17)13-14-16-10-6-8-12-18(16)21/h1,4-12H,13-14H2,2-3H3/q+2. The van der Waals surface area contributed by atoms with Gasteiger partial charge in [0, 0.05) is 23.3 Å². The molecular formula is C19H20N2O+2. The second-order valence-corrected chi connectivity index (χ2v) is 6.30. The van der Waals surface area contributed by atoms with Crippen LogP contribution in [0.4, 0.5) is 16.2 Å². The smallest absolute Gasteiger partial charge is 0.198 e. The number of urea groups is 1. The van der Waals surface area contributed by atoms with E-state index >= 15 is 0 Å². The fraction of sp³-hybridized carbons (Fsp3) is 0.211. The summed E-state index contributed by atoms with van der Waals surface area (Å²) in [4.78, 5) is 13.1. The lowest BCUT2D eigenvalue weighted by Gasteiger charge is -2.33. The van der Waals surface area contributed by atoms with Crippen molar-refractivity contribution in [3.8, 4) is 0 Å². The molecule has 110 valence electrons. The van der Waals surface area contributed by atoms with Gasteiger partial charge in [-0.1, -0.05) is 36.4 Å². The Hall–Kier alpha value is -1.97. The number of nitrogens with zero attached hydrogens (tertiary/aromatic N) is 2. The maximum absolute atomic E-state index is 13.1. The highest BCUT2D eigenvalue weighted by Crippen LogP contribution is 2.43. The minimum Gasteiger partial charge on any atom is -0.198 e. The number of hydrogen-bond donors (Lipinski definition) is 0. The highest BCUT2D eigenvalue weighted by Gasteiger charge is 2.51. The minimum atomic E-state index is -0.393. The fourth-order valence-electron chi connectivity index (χ4n) is 3.14.